The average molecular weight is 251 g/mol. The smallest absolute Gasteiger partial charge is 0.405 e. The van der Waals surface area contributed by atoms with E-state index in [2.05, 4.69) is 12.2 Å². The minimum Gasteiger partial charge on any atom is -0.496 e. The van der Waals surface area contributed by atoms with Crippen LogP contribution in [0.4, 0.5) is 4.79 Å². The lowest BCUT2D eigenvalue weighted by atomic mass is 9.96. The fourth-order valence-electron chi connectivity index (χ4n) is 2.09. The van der Waals surface area contributed by atoms with Crippen LogP contribution in [0.1, 0.15) is 43.4 Å². The highest BCUT2D eigenvalue weighted by molar-refractivity contribution is 5.65. The molecule has 1 rings (SSSR count). The Labute approximate surface area is 108 Å². The van der Waals surface area contributed by atoms with Crippen molar-refractivity contribution < 1.29 is 14.6 Å². The van der Waals surface area contributed by atoms with Gasteiger partial charge in [0.1, 0.15) is 5.75 Å². The number of methoxy groups -OCH3 is 1. The Hall–Kier alpha value is -1.71. The molecule has 1 aromatic rings. The molecule has 0 aliphatic carbocycles. The van der Waals surface area contributed by atoms with Crippen molar-refractivity contribution >= 4 is 6.09 Å². The van der Waals surface area contributed by atoms with Crippen molar-refractivity contribution in [3.63, 3.8) is 0 Å². The van der Waals surface area contributed by atoms with Gasteiger partial charge in [0.25, 0.3) is 0 Å². The lowest BCUT2D eigenvalue weighted by molar-refractivity contribution is 0.189. The molecule has 0 spiro atoms. The van der Waals surface area contributed by atoms with E-state index < -0.39 is 6.09 Å². The van der Waals surface area contributed by atoms with Crippen LogP contribution in [-0.4, -0.2) is 18.3 Å². The maximum atomic E-state index is 10.9. The molecule has 4 heteroatoms. The number of hydrogen-bond acceptors (Lipinski definition) is 2. The van der Waals surface area contributed by atoms with E-state index in [-0.39, 0.29) is 6.04 Å². The van der Waals surface area contributed by atoms with E-state index >= 15 is 0 Å². The van der Waals surface area contributed by atoms with Gasteiger partial charge in [-0.3, -0.25) is 0 Å². The van der Waals surface area contributed by atoms with Crippen LogP contribution in [0.15, 0.2) is 18.2 Å². The van der Waals surface area contributed by atoms with E-state index in [1.165, 1.54) is 0 Å². The SMILES string of the molecule is CCCCC(NC(=O)O)c1cccc(OC)c1C. The normalized spacial score (nSPS) is 11.9. The molecule has 1 atom stereocenters. The second kappa shape index (κ2) is 6.89. The van der Waals surface area contributed by atoms with Gasteiger partial charge in [-0.05, 0) is 30.5 Å². The molecule has 0 heterocycles. The Kier molecular flexibility index (Phi) is 5.49. The zero-order valence-electron chi connectivity index (χ0n) is 11.2. The van der Waals surface area contributed by atoms with Gasteiger partial charge in [0.15, 0.2) is 0 Å². The van der Waals surface area contributed by atoms with Gasteiger partial charge >= 0.3 is 6.09 Å². The number of unbranched alkanes of at least 4 members (excludes halogenated alkanes) is 1. The van der Waals surface area contributed by atoms with Crippen LogP contribution < -0.4 is 10.1 Å². The summed E-state index contributed by atoms with van der Waals surface area (Å²) < 4.78 is 5.27. The minimum atomic E-state index is -0.988. The van der Waals surface area contributed by atoms with Crippen molar-refractivity contribution in [2.24, 2.45) is 0 Å². The van der Waals surface area contributed by atoms with E-state index in [4.69, 9.17) is 9.84 Å². The van der Waals surface area contributed by atoms with E-state index in [1.807, 2.05) is 25.1 Å². The topological polar surface area (TPSA) is 58.6 Å². The average Bonchev–Trinajstić information content (AvgIpc) is 2.34. The summed E-state index contributed by atoms with van der Waals surface area (Å²) in [4.78, 5) is 10.9. The molecule has 0 aliphatic heterocycles. The quantitative estimate of drug-likeness (QED) is 0.813. The van der Waals surface area contributed by atoms with Crippen molar-refractivity contribution in [3.8, 4) is 5.75 Å². The molecular weight excluding hydrogens is 230 g/mol. The summed E-state index contributed by atoms with van der Waals surface area (Å²) in [6, 6.07) is 5.56. The third kappa shape index (κ3) is 3.65. The van der Waals surface area contributed by atoms with Gasteiger partial charge in [-0.25, -0.2) is 4.79 Å². The second-order valence-corrected chi connectivity index (χ2v) is 4.32. The highest BCUT2D eigenvalue weighted by Gasteiger charge is 2.17. The molecule has 0 saturated carbocycles. The van der Waals surface area contributed by atoms with E-state index in [9.17, 15) is 4.79 Å². The Morgan fingerprint density at radius 3 is 2.78 bits per heavy atom. The number of ether oxygens (including phenoxy) is 1. The van der Waals surface area contributed by atoms with Gasteiger partial charge < -0.3 is 15.2 Å². The van der Waals surface area contributed by atoms with E-state index in [0.717, 1.165) is 36.1 Å². The summed E-state index contributed by atoms with van der Waals surface area (Å²) in [6.07, 6.45) is 1.84. The Bertz CT molecular complexity index is 404. The molecule has 1 amide bonds. The number of benzene rings is 1. The van der Waals surface area contributed by atoms with E-state index in [0.29, 0.717) is 0 Å². The van der Waals surface area contributed by atoms with Crippen LogP contribution in [0.3, 0.4) is 0 Å². The van der Waals surface area contributed by atoms with Crippen LogP contribution in [0.5, 0.6) is 5.75 Å². The number of rotatable bonds is 6. The monoisotopic (exact) mass is 251 g/mol. The molecule has 100 valence electrons. The fourth-order valence-corrected chi connectivity index (χ4v) is 2.09. The molecule has 0 bridgehead atoms. The standard InChI is InChI=1S/C14H21NO3/c1-4-5-8-12(15-14(16)17)11-7-6-9-13(18-3)10(11)2/h6-7,9,12,15H,4-5,8H2,1-3H3,(H,16,17). The van der Waals surface area contributed by atoms with Crippen molar-refractivity contribution in [2.45, 2.75) is 39.2 Å². The van der Waals surface area contributed by atoms with Crippen molar-refractivity contribution in [1.82, 2.24) is 5.32 Å². The summed E-state index contributed by atoms with van der Waals surface area (Å²) in [5.74, 6) is 0.793. The lowest BCUT2D eigenvalue weighted by Crippen LogP contribution is -2.27. The summed E-state index contributed by atoms with van der Waals surface area (Å²) in [7, 11) is 1.62. The van der Waals surface area contributed by atoms with Gasteiger partial charge in [-0.1, -0.05) is 31.9 Å². The Balaban J connectivity index is 2.99. The van der Waals surface area contributed by atoms with Gasteiger partial charge in [0, 0.05) is 0 Å². The van der Waals surface area contributed by atoms with Crippen LogP contribution in [-0.2, 0) is 0 Å². The van der Waals surface area contributed by atoms with Gasteiger partial charge in [-0.2, -0.15) is 0 Å². The third-order valence-electron chi connectivity index (χ3n) is 3.07. The maximum absolute atomic E-state index is 10.9. The Morgan fingerprint density at radius 1 is 1.50 bits per heavy atom. The van der Waals surface area contributed by atoms with Crippen LogP contribution >= 0.6 is 0 Å². The van der Waals surface area contributed by atoms with Crippen molar-refractivity contribution in [1.29, 1.82) is 0 Å². The predicted octanol–water partition coefficient (Wildman–Crippen LogP) is 3.50. The van der Waals surface area contributed by atoms with Gasteiger partial charge in [0.2, 0.25) is 0 Å². The summed E-state index contributed by atoms with van der Waals surface area (Å²) in [5.41, 5.74) is 1.99. The molecule has 0 radical (unpaired) electrons. The molecule has 2 N–H and O–H groups in total. The zero-order valence-corrected chi connectivity index (χ0v) is 11.2. The third-order valence-corrected chi connectivity index (χ3v) is 3.07. The molecule has 1 unspecified atom stereocenters. The number of carbonyl (C=O) groups is 1. The molecule has 0 aromatic heterocycles. The number of carboxylic acid groups (broad SMARTS) is 1. The summed E-state index contributed by atoms with van der Waals surface area (Å²) in [6.45, 7) is 4.05. The first-order valence-electron chi connectivity index (χ1n) is 6.23. The van der Waals surface area contributed by atoms with Crippen molar-refractivity contribution in [3.05, 3.63) is 29.3 Å². The van der Waals surface area contributed by atoms with Gasteiger partial charge in [-0.15, -0.1) is 0 Å². The van der Waals surface area contributed by atoms with Crippen LogP contribution in [0.25, 0.3) is 0 Å². The zero-order chi connectivity index (χ0) is 13.5. The molecular formula is C14H21NO3. The Morgan fingerprint density at radius 2 is 2.22 bits per heavy atom. The van der Waals surface area contributed by atoms with Gasteiger partial charge in [0.05, 0.1) is 13.2 Å². The molecule has 0 saturated heterocycles. The molecule has 18 heavy (non-hydrogen) atoms. The number of nitrogens with one attached hydrogen (secondary N) is 1. The maximum Gasteiger partial charge on any atom is 0.405 e. The first-order valence-corrected chi connectivity index (χ1v) is 6.23. The van der Waals surface area contributed by atoms with E-state index in [1.54, 1.807) is 7.11 Å². The fraction of sp³-hybridized carbons (Fsp3) is 0.500. The van der Waals surface area contributed by atoms with Crippen molar-refractivity contribution in [2.75, 3.05) is 7.11 Å². The molecule has 0 fully saturated rings. The van der Waals surface area contributed by atoms with Crippen LogP contribution in [0.2, 0.25) is 0 Å². The highest BCUT2D eigenvalue weighted by atomic mass is 16.5. The number of amides is 1. The first kappa shape index (κ1) is 14.4. The highest BCUT2D eigenvalue weighted by Crippen LogP contribution is 2.28. The largest absolute Gasteiger partial charge is 0.496 e. The second-order valence-electron chi connectivity index (χ2n) is 4.32. The first-order chi connectivity index (χ1) is 8.60. The molecule has 0 aliphatic rings. The summed E-state index contributed by atoms with van der Waals surface area (Å²) >= 11 is 0. The minimum absolute atomic E-state index is 0.169. The number of hydrogen-bond donors (Lipinski definition) is 2. The molecule has 4 nitrogen and oxygen atoms in total. The van der Waals surface area contributed by atoms with Crippen LogP contribution in [0, 0.1) is 6.92 Å². The lowest BCUT2D eigenvalue weighted by Gasteiger charge is -2.20. The summed E-state index contributed by atoms with van der Waals surface area (Å²) in [5, 5.41) is 11.5. The predicted molar refractivity (Wildman–Crippen MR) is 71.2 cm³/mol. The molecule has 1 aromatic carbocycles.